The van der Waals surface area contributed by atoms with Gasteiger partial charge in [0.2, 0.25) is 10.0 Å². The van der Waals surface area contributed by atoms with Gasteiger partial charge in [-0.25, -0.2) is 22.3 Å². The van der Waals surface area contributed by atoms with Crippen LogP contribution in [0.3, 0.4) is 0 Å². The zero-order valence-corrected chi connectivity index (χ0v) is 12.5. The van der Waals surface area contributed by atoms with Crippen molar-refractivity contribution in [1.82, 2.24) is 4.72 Å². The molecule has 112 valence electrons. The Morgan fingerprint density at radius 1 is 1.38 bits per heavy atom. The zero-order chi connectivity index (χ0) is 15.6. The lowest BCUT2D eigenvalue weighted by Crippen LogP contribution is -2.27. The highest BCUT2D eigenvalue weighted by Gasteiger charge is 2.23. The van der Waals surface area contributed by atoms with E-state index in [0.717, 1.165) is 23.8 Å². The van der Waals surface area contributed by atoms with Crippen LogP contribution in [0, 0.1) is 5.82 Å². The third-order valence-corrected chi connectivity index (χ3v) is 5.10. The Morgan fingerprint density at radius 3 is 2.67 bits per heavy atom. The molecule has 2 rings (SSSR count). The van der Waals surface area contributed by atoms with Crippen LogP contribution in [0.15, 0.2) is 39.9 Å². The lowest BCUT2D eigenvalue weighted by atomic mass is 10.2. The van der Waals surface area contributed by atoms with Gasteiger partial charge in [0.1, 0.15) is 10.7 Å². The highest BCUT2D eigenvalue weighted by Crippen LogP contribution is 2.21. The van der Waals surface area contributed by atoms with Gasteiger partial charge in [0.15, 0.2) is 0 Å². The van der Waals surface area contributed by atoms with Crippen LogP contribution < -0.4 is 4.72 Å². The van der Waals surface area contributed by atoms with Gasteiger partial charge in [-0.05, 0) is 47.5 Å². The molecule has 0 amide bonds. The number of thiophene rings is 1. The second kappa shape index (κ2) is 5.92. The number of sulfonamides is 1. The quantitative estimate of drug-likeness (QED) is 0.883. The molecule has 1 unspecified atom stereocenters. The van der Waals surface area contributed by atoms with E-state index in [9.17, 15) is 17.6 Å². The number of carbonyl (C=O) groups is 1. The Labute approximate surface area is 125 Å². The molecular weight excluding hydrogens is 317 g/mol. The second-order valence-corrected chi connectivity index (χ2v) is 6.81. The van der Waals surface area contributed by atoms with Crippen LogP contribution >= 0.6 is 11.3 Å². The SMILES string of the molecule is CC(NS(=O)(=O)c1cc(C(=O)O)ccc1F)c1ccsc1. The number of aromatic carboxylic acids is 1. The molecule has 0 fully saturated rings. The van der Waals surface area contributed by atoms with Crippen molar-refractivity contribution in [2.24, 2.45) is 0 Å². The first-order chi connectivity index (χ1) is 9.81. The van der Waals surface area contributed by atoms with Crippen molar-refractivity contribution in [3.05, 3.63) is 52.0 Å². The highest BCUT2D eigenvalue weighted by molar-refractivity contribution is 7.89. The molecule has 0 aliphatic heterocycles. The summed E-state index contributed by atoms with van der Waals surface area (Å²) in [6.07, 6.45) is 0. The average Bonchev–Trinajstić information content (AvgIpc) is 2.92. The van der Waals surface area contributed by atoms with Gasteiger partial charge in [-0.2, -0.15) is 11.3 Å². The Bertz CT molecular complexity index is 756. The smallest absolute Gasteiger partial charge is 0.335 e. The zero-order valence-electron chi connectivity index (χ0n) is 10.9. The number of carboxylic acid groups (broad SMARTS) is 1. The fraction of sp³-hybridized carbons (Fsp3) is 0.154. The first-order valence-corrected chi connectivity index (χ1v) is 8.31. The van der Waals surface area contributed by atoms with Gasteiger partial charge in [0, 0.05) is 6.04 Å². The van der Waals surface area contributed by atoms with Crippen LogP contribution in [0.5, 0.6) is 0 Å². The molecule has 0 saturated heterocycles. The van der Waals surface area contributed by atoms with E-state index in [1.165, 1.54) is 11.3 Å². The molecule has 1 heterocycles. The Kier molecular flexibility index (Phi) is 4.40. The number of carboxylic acids is 1. The van der Waals surface area contributed by atoms with Crippen LogP contribution in [0.4, 0.5) is 4.39 Å². The standard InChI is InChI=1S/C13H12FNO4S2/c1-8(10-4-5-20-7-10)15-21(18,19)12-6-9(13(16)17)2-3-11(12)14/h2-8,15H,1H3,(H,16,17). The summed E-state index contributed by atoms with van der Waals surface area (Å²) >= 11 is 1.41. The lowest BCUT2D eigenvalue weighted by molar-refractivity contribution is 0.0696. The average molecular weight is 329 g/mol. The van der Waals surface area contributed by atoms with Gasteiger partial charge >= 0.3 is 5.97 Å². The number of hydrogen-bond donors (Lipinski definition) is 2. The molecule has 2 aromatic rings. The molecule has 0 bridgehead atoms. The van der Waals surface area contributed by atoms with E-state index in [0.29, 0.717) is 0 Å². The van der Waals surface area contributed by atoms with E-state index in [1.807, 2.05) is 0 Å². The van der Waals surface area contributed by atoms with Crippen molar-refractivity contribution >= 4 is 27.3 Å². The van der Waals surface area contributed by atoms with E-state index >= 15 is 0 Å². The van der Waals surface area contributed by atoms with Crippen molar-refractivity contribution < 1.29 is 22.7 Å². The summed E-state index contributed by atoms with van der Waals surface area (Å²) in [5, 5.41) is 12.4. The molecule has 8 heteroatoms. The van der Waals surface area contributed by atoms with Crippen LogP contribution in [-0.4, -0.2) is 19.5 Å². The third-order valence-electron chi connectivity index (χ3n) is 2.84. The number of benzene rings is 1. The van der Waals surface area contributed by atoms with Gasteiger partial charge < -0.3 is 5.11 Å². The maximum atomic E-state index is 13.7. The van der Waals surface area contributed by atoms with Crippen molar-refractivity contribution in [1.29, 1.82) is 0 Å². The molecule has 2 N–H and O–H groups in total. The van der Waals surface area contributed by atoms with Crippen LogP contribution in [0.2, 0.25) is 0 Å². The Hall–Kier alpha value is -1.77. The molecule has 21 heavy (non-hydrogen) atoms. The Morgan fingerprint density at radius 2 is 2.10 bits per heavy atom. The minimum absolute atomic E-state index is 0.292. The summed E-state index contributed by atoms with van der Waals surface area (Å²) in [4.78, 5) is 10.2. The molecule has 0 saturated carbocycles. The molecule has 1 atom stereocenters. The lowest BCUT2D eigenvalue weighted by Gasteiger charge is -2.14. The van der Waals surface area contributed by atoms with Crippen molar-refractivity contribution in [2.75, 3.05) is 0 Å². The minimum Gasteiger partial charge on any atom is -0.478 e. The molecular formula is C13H12FNO4S2. The molecule has 0 aliphatic rings. The van der Waals surface area contributed by atoms with E-state index in [2.05, 4.69) is 4.72 Å². The normalized spacial score (nSPS) is 13.0. The maximum absolute atomic E-state index is 13.7. The fourth-order valence-electron chi connectivity index (χ4n) is 1.73. The summed E-state index contributed by atoms with van der Waals surface area (Å²) in [6.45, 7) is 1.62. The van der Waals surface area contributed by atoms with E-state index in [1.54, 1.807) is 23.8 Å². The first kappa shape index (κ1) is 15.6. The van der Waals surface area contributed by atoms with Crippen LogP contribution in [0.1, 0.15) is 28.9 Å². The second-order valence-electron chi connectivity index (χ2n) is 4.35. The first-order valence-electron chi connectivity index (χ1n) is 5.88. The van der Waals surface area contributed by atoms with Gasteiger partial charge in [-0.15, -0.1) is 0 Å². The topological polar surface area (TPSA) is 83.5 Å². The van der Waals surface area contributed by atoms with Crippen molar-refractivity contribution in [2.45, 2.75) is 17.9 Å². The van der Waals surface area contributed by atoms with Crippen LogP contribution in [-0.2, 0) is 10.0 Å². The molecule has 1 aromatic heterocycles. The van der Waals surface area contributed by atoms with Gasteiger partial charge in [-0.1, -0.05) is 0 Å². The van der Waals surface area contributed by atoms with Gasteiger partial charge in [0.25, 0.3) is 0 Å². The summed E-state index contributed by atoms with van der Waals surface area (Å²) < 4.78 is 40.4. The molecule has 5 nitrogen and oxygen atoms in total. The predicted octanol–water partition coefficient (Wildman–Crippen LogP) is 2.62. The molecule has 0 aliphatic carbocycles. The number of halogens is 1. The molecule has 1 aromatic carbocycles. The third kappa shape index (κ3) is 3.46. The van der Waals surface area contributed by atoms with E-state index in [4.69, 9.17) is 5.11 Å². The largest absolute Gasteiger partial charge is 0.478 e. The van der Waals surface area contributed by atoms with E-state index in [-0.39, 0.29) is 5.56 Å². The van der Waals surface area contributed by atoms with Gasteiger partial charge in [-0.3, -0.25) is 0 Å². The van der Waals surface area contributed by atoms with E-state index < -0.39 is 32.7 Å². The molecule has 0 radical (unpaired) electrons. The van der Waals surface area contributed by atoms with Crippen molar-refractivity contribution in [3.63, 3.8) is 0 Å². The van der Waals surface area contributed by atoms with Gasteiger partial charge in [0.05, 0.1) is 5.56 Å². The fourth-order valence-corrected chi connectivity index (χ4v) is 3.82. The summed E-state index contributed by atoms with van der Waals surface area (Å²) in [5.41, 5.74) is 0.457. The highest BCUT2D eigenvalue weighted by atomic mass is 32.2. The maximum Gasteiger partial charge on any atom is 0.335 e. The number of nitrogens with one attached hydrogen (secondary N) is 1. The molecule has 0 spiro atoms. The summed E-state index contributed by atoms with van der Waals surface area (Å²) in [6, 6.07) is 3.85. The minimum atomic E-state index is -4.16. The summed E-state index contributed by atoms with van der Waals surface area (Å²) in [5.74, 6) is -2.32. The Balaban J connectivity index is 2.35. The van der Waals surface area contributed by atoms with Crippen molar-refractivity contribution in [3.8, 4) is 0 Å². The van der Waals surface area contributed by atoms with Crippen LogP contribution in [0.25, 0.3) is 0 Å². The number of rotatable bonds is 5. The number of hydrogen-bond acceptors (Lipinski definition) is 4. The predicted molar refractivity (Wildman–Crippen MR) is 76.4 cm³/mol. The monoisotopic (exact) mass is 329 g/mol. The summed E-state index contributed by atoms with van der Waals surface area (Å²) in [7, 11) is -4.16.